The van der Waals surface area contributed by atoms with E-state index in [4.69, 9.17) is 11.6 Å². The van der Waals surface area contributed by atoms with Crippen LogP contribution in [0.25, 0.3) is 0 Å². The Morgan fingerprint density at radius 2 is 1.89 bits per heavy atom. The van der Waals surface area contributed by atoms with E-state index >= 15 is 0 Å². The first-order valence-corrected chi connectivity index (χ1v) is 6.23. The van der Waals surface area contributed by atoms with E-state index in [9.17, 15) is 5.11 Å². The van der Waals surface area contributed by atoms with Crippen LogP contribution in [-0.4, -0.2) is 14.9 Å². The Hall–Kier alpha value is -1.32. The molecule has 3 nitrogen and oxygen atoms in total. The zero-order chi connectivity index (χ0) is 13.4. The van der Waals surface area contributed by atoms with Gasteiger partial charge in [-0.2, -0.15) is 5.10 Å². The first-order chi connectivity index (χ1) is 8.41. The van der Waals surface area contributed by atoms with Crippen molar-refractivity contribution < 1.29 is 5.11 Å². The fourth-order valence-electron chi connectivity index (χ4n) is 2.06. The zero-order valence-corrected chi connectivity index (χ0v) is 11.8. The monoisotopic (exact) mass is 264 g/mol. The molecule has 4 heteroatoms. The van der Waals surface area contributed by atoms with E-state index in [1.165, 1.54) is 5.56 Å². The summed E-state index contributed by atoms with van der Waals surface area (Å²) in [5, 5.41) is 15.2. The number of nitrogens with zero attached hydrogens (tertiary/aromatic N) is 2. The maximum Gasteiger partial charge on any atom is 0.133 e. The van der Waals surface area contributed by atoms with Crippen LogP contribution in [0.2, 0.25) is 5.15 Å². The van der Waals surface area contributed by atoms with Crippen molar-refractivity contribution >= 4 is 11.6 Å². The zero-order valence-electron chi connectivity index (χ0n) is 11.0. The molecule has 2 rings (SSSR count). The first-order valence-electron chi connectivity index (χ1n) is 5.86. The van der Waals surface area contributed by atoms with Crippen LogP contribution in [0.15, 0.2) is 18.2 Å². The molecule has 0 spiro atoms. The summed E-state index contributed by atoms with van der Waals surface area (Å²) in [7, 11) is 1.77. The van der Waals surface area contributed by atoms with E-state index in [-0.39, 0.29) is 0 Å². The van der Waals surface area contributed by atoms with E-state index in [0.717, 1.165) is 16.8 Å². The van der Waals surface area contributed by atoms with Crippen LogP contribution in [0.4, 0.5) is 0 Å². The van der Waals surface area contributed by atoms with Gasteiger partial charge in [0.15, 0.2) is 0 Å². The third-order valence-electron chi connectivity index (χ3n) is 3.32. The van der Waals surface area contributed by atoms with Crippen LogP contribution >= 0.6 is 11.6 Å². The summed E-state index contributed by atoms with van der Waals surface area (Å²) in [5.74, 6) is 0. The molecular weight excluding hydrogens is 248 g/mol. The van der Waals surface area contributed by atoms with Gasteiger partial charge in [0.25, 0.3) is 0 Å². The van der Waals surface area contributed by atoms with Gasteiger partial charge in [0.05, 0.1) is 5.69 Å². The summed E-state index contributed by atoms with van der Waals surface area (Å²) < 4.78 is 1.58. The smallest absolute Gasteiger partial charge is 0.133 e. The number of hydrogen-bond acceptors (Lipinski definition) is 2. The highest BCUT2D eigenvalue weighted by Crippen LogP contribution is 2.31. The molecule has 0 fully saturated rings. The minimum atomic E-state index is -0.731. The molecular formula is C14H17ClN2O. The summed E-state index contributed by atoms with van der Waals surface area (Å²) in [6.07, 6.45) is -0.731. The van der Waals surface area contributed by atoms with Gasteiger partial charge in [-0.05, 0) is 37.5 Å². The molecule has 18 heavy (non-hydrogen) atoms. The number of aliphatic hydroxyl groups excluding tert-OH is 1. The van der Waals surface area contributed by atoms with Crippen molar-refractivity contribution in [2.75, 3.05) is 0 Å². The molecule has 2 aromatic rings. The summed E-state index contributed by atoms with van der Waals surface area (Å²) in [5.41, 5.74) is 4.65. The quantitative estimate of drug-likeness (QED) is 0.905. The molecule has 0 aliphatic heterocycles. The van der Waals surface area contributed by atoms with Crippen LogP contribution in [-0.2, 0) is 7.05 Å². The molecule has 1 N–H and O–H groups in total. The Labute approximate surface area is 112 Å². The van der Waals surface area contributed by atoms with Crippen molar-refractivity contribution in [2.24, 2.45) is 7.05 Å². The molecule has 1 aromatic carbocycles. The Kier molecular flexibility index (Phi) is 3.46. The van der Waals surface area contributed by atoms with Crippen LogP contribution < -0.4 is 0 Å². The minimum absolute atomic E-state index is 0.484. The lowest BCUT2D eigenvalue weighted by Crippen LogP contribution is -2.02. The van der Waals surface area contributed by atoms with E-state index in [0.29, 0.717) is 10.7 Å². The number of aliphatic hydroxyl groups is 1. The Morgan fingerprint density at radius 1 is 1.22 bits per heavy atom. The molecule has 0 aliphatic rings. The molecule has 0 aliphatic carbocycles. The average molecular weight is 265 g/mol. The number of hydrogen-bond donors (Lipinski definition) is 1. The lowest BCUT2D eigenvalue weighted by Gasteiger charge is -2.13. The second kappa shape index (κ2) is 4.75. The Bertz CT molecular complexity index is 590. The van der Waals surface area contributed by atoms with Gasteiger partial charge in [-0.1, -0.05) is 29.8 Å². The maximum absolute atomic E-state index is 10.4. The average Bonchev–Trinajstić information content (AvgIpc) is 2.56. The molecule has 0 saturated carbocycles. The van der Waals surface area contributed by atoms with Gasteiger partial charge in [0, 0.05) is 12.6 Å². The number of aryl methyl sites for hydroxylation is 4. The normalized spacial score (nSPS) is 12.8. The predicted molar refractivity (Wildman–Crippen MR) is 72.9 cm³/mol. The topological polar surface area (TPSA) is 38.1 Å². The third kappa shape index (κ3) is 2.16. The second-order valence-electron chi connectivity index (χ2n) is 4.66. The molecule has 1 aromatic heterocycles. The van der Waals surface area contributed by atoms with Crippen molar-refractivity contribution in [3.8, 4) is 0 Å². The predicted octanol–water partition coefficient (Wildman–Crippen LogP) is 3.08. The van der Waals surface area contributed by atoms with Gasteiger partial charge < -0.3 is 5.11 Å². The van der Waals surface area contributed by atoms with Gasteiger partial charge in [0.2, 0.25) is 0 Å². The van der Waals surface area contributed by atoms with Crippen molar-refractivity contribution in [1.82, 2.24) is 9.78 Å². The standard InChI is InChI=1S/C14H17ClN2O/c1-8-5-6-11(7-9(8)2)13(18)12-10(3)16-17(4)14(12)15/h5-7,13,18H,1-4H3. The molecule has 0 bridgehead atoms. The summed E-state index contributed by atoms with van der Waals surface area (Å²) in [6.45, 7) is 5.93. The molecule has 96 valence electrons. The van der Waals surface area contributed by atoms with E-state index < -0.39 is 6.10 Å². The highest BCUT2D eigenvalue weighted by molar-refractivity contribution is 6.30. The van der Waals surface area contributed by atoms with Crippen LogP contribution in [0.3, 0.4) is 0 Å². The summed E-state index contributed by atoms with van der Waals surface area (Å²) in [6, 6.07) is 5.92. The first kappa shape index (κ1) is 13.1. The molecule has 1 heterocycles. The number of aromatic nitrogens is 2. The van der Waals surface area contributed by atoms with E-state index in [2.05, 4.69) is 5.10 Å². The van der Waals surface area contributed by atoms with Gasteiger partial charge >= 0.3 is 0 Å². The van der Waals surface area contributed by atoms with Crippen LogP contribution in [0.5, 0.6) is 0 Å². The second-order valence-corrected chi connectivity index (χ2v) is 5.02. The minimum Gasteiger partial charge on any atom is -0.383 e. The highest BCUT2D eigenvalue weighted by Gasteiger charge is 2.21. The van der Waals surface area contributed by atoms with E-state index in [1.807, 2.05) is 39.0 Å². The maximum atomic E-state index is 10.4. The molecule has 0 saturated heterocycles. The molecule has 1 atom stereocenters. The Balaban J connectivity index is 2.47. The lowest BCUT2D eigenvalue weighted by molar-refractivity contribution is 0.219. The van der Waals surface area contributed by atoms with Crippen molar-refractivity contribution in [1.29, 1.82) is 0 Å². The lowest BCUT2D eigenvalue weighted by atomic mass is 9.98. The largest absolute Gasteiger partial charge is 0.383 e. The van der Waals surface area contributed by atoms with Crippen molar-refractivity contribution in [2.45, 2.75) is 26.9 Å². The van der Waals surface area contributed by atoms with Gasteiger partial charge in [-0.3, -0.25) is 4.68 Å². The summed E-state index contributed by atoms with van der Waals surface area (Å²) >= 11 is 6.17. The van der Waals surface area contributed by atoms with Crippen molar-refractivity contribution in [3.05, 3.63) is 51.3 Å². The van der Waals surface area contributed by atoms with E-state index in [1.54, 1.807) is 11.7 Å². The number of rotatable bonds is 2. The van der Waals surface area contributed by atoms with Crippen LogP contribution in [0.1, 0.15) is 34.1 Å². The van der Waals surface area contributed by atoms with Crippen molar-refractivity contribution in [3.63, 3.8) is 0 Å². The number of benzene rings is 1. The molecule has 0 radical (unpaired) electrons. The van der Waals surface area contributed by atoms with Gasteiger partial charge in [0.1, 0.15) is 11.3 Å². The summed E-state index contributed by atoms with van der Waals surface area (Å²) in [4.78, 5) is 0. The number of halogens is 1. The molecule has 1 unspecified atom stereocenters. The fraction of sp³-hybridized carbons (Fsp3) is 0.357. The third-order valence-corrected chi connectivity index (χ3v) is 3.76. The van der Waals surface area contributed by atoms with Gasteiger partial charge in [-0.25, -0.2) is 0 Å². The Morgan fingerprint density at radius 3 is 2.39 bits per heavy atom. The highest BCUT2D eigenvalue weighted by atomic mass is 35.5. The van der Waals surface area contributed by atoms with Crippen LogP contribution in [0, 0.1) is 20.8 Å². The molecule has 0 amide bonds. The fourth-order valence-corrected chi connectivity index (χ4v) is 2.34. The SMILES string of the molecule is Cc1ccc(C(O)c2c(C)nn(C)c2Cl)cc1C. The van der Waals surface area contributed by atoms with Gasteiger partial charge in [-0.15, -0.1) is 0 Å².